The molecule has 0 saturated heterocycles. The lowest BCUT2D eigenvalue weighted by atomic mass is 9.64. The number of nitrogen functional groups attached to an aromatic ring is 1. The molecule has 4 heterocycles. The third kappa shape index (κ3) is 2.95. The summed E-state index contributed by atoms with van der Waals surface area (Å²) in [5.41, 5.74) is 8.57. The average Bonchev–Trinajstić information content (AvgIpc) is 3.24. The molecule has 0 bridgehead atoms. The first-order valence-corrected chi connectivity index (χ1v) is 9.56. The molecule has 30 heavy (non-hydrogen) atoms. The Balaban J connectivity index is 1.48. The van der Waals surface area contributed by atoms with Crippen molar-refractivity contribution < 1.29 is 9.26 Å². The van der Waals surface area contributed by atoms with E-state index in [0.717, 1.165) is 36.1 Å². The van der Waals surface area contributed by atoms with Gasteiger partial charge in [-0.15, -0.1) is 0 Å². The lowest BCUT2D eigenvalue weighted by Crippen LogP contribution is -2.36. The zero-order valence-corrected chi connectivity index (χ0v) is 16.3. The maximum Gasteiger partial charge on any atom is 0.263 e. The van der Waals surface area contributed by atoms with Gasteiger partial charge in [0.15, 0.2) is 5.82 Å². The highest BCUT2D eigenvalue weighted by Crippen LogP contribution is 2.48. The number of pyridine rings is 2. The molecule has 1 aliphatic rings. The zero-order valence-electron chi connectivity index (χ0n) is 16.3. The van der Waals surface area contributed by atoms with Gasteiger partial charge in [0.25, 0.3) is 5.89 Å². The first-order valence-electron chi connectivity index (χ1n) is 9.56. The van der Waals surface area contributed by atoms with Gasteiger partial charge in [-0.05, 0) is 30.5 Å². The molecule has 0 aromatic carbocycles. The molecule has 0 atom stereocenters. The second-order valence-electron chi connectivity index (χ2n) is 7.20. The fraction of sp³-hybridized carbons (Fsp3) is 0.238. The van der Waals surface area contributed by atoms with Crippen LogP contribution in [0.5, 0.6) is 5.75 Å². The molecular formula is C21H19N7O2. The average molecular weight is 401 g/mol. The highest BCUT2D eigenvalue weighted by Gasteiger charge is 2.45. The van der Waals surface area contributed by atoms with E-state index in [1.807, 2.05) is 12.3 Å². The van der Waals surface area contributed by atoms with E-state index in [2.05, 4.69) is 31.2 Å². The second-order valence-corrected chi connectivity index (χ2v) is 7.20. The molecule has 4 aromatic heterocycles. The Hall–Kier alpha value is -3.88. The van der Waals surface area contributed by atoms with E-state index in [-0.39, 0.29) is 11.4 Å². The van der Waals surface area contributed by atoms with Crippen LogP contribution in [0.25, 0.3) is 22.7 Å². The first-order chi connectivity index (χ1) is 14.7. The molecule has 9 nitrogen and oxygen atoms in total. The van der Waals surface area contributed by atoms with Crippen molar-refractivity contribution in [3.63, 3.8) is 0 Å². The summed E-state index contributed by atoms with van der Waals surface area (Å²) in [7, 11) is 1.60. The second kappa shape index (κ2) is 7.18. The van der Waals surface area contributed by atoms with Crippen LogP contribution in [0, 0.1) is 0 Å². The van der Waals surface area contributed by atoms with Gasteiger partial charge >= 0.3 is 0 Å². The van der Waals surface area contributed by atoms with Crippen molar-refractivity contribution in [2.45, 2.75) is 24.7 Å². The molecule has 0 spiro atoms. The van der Waals surface area contributed by atoms with Crippen molar-refractivity contribution >= 4 is 5.95 Å². The standard InChI is InChI=1S/C21H19N7O2/c1-29-17-5-8-23-12-15(17)18-27-19(28-30-18)21(6-2-7-21)14-3-4-16(24-11-14)13-9-25-20(22)26-10-13/h3-5,8-12H,2,6-7H2,1H3,(H2,22,25,26). The molecule has 1 saturated carbocycles. The molecule has 9 heteroatoms. The van der Waals surface area contributed by atoms with Crippen molar-refractivity contribution in [2.24, 2.45) is 0 Å². The van der Waals surface area contributed by atoms with Gasteiger partial charge in [0.05, 0.1) is 18.2 Å². The third-order valence-corrected chi connectivity index (χ3v) is 5.58. The lowest BCUT2D eigenvalue weighted by molar-refractivity contribution is 0.272. The number of nitrogens with two attached hydrogens (primary N) is 1. The number of anilines is 1. The quantitative estimate of drug-likeness (QED) is 0.537. The fourth-order valence-corrected chi connectivity index (χ4v) is 3.74. The Labute approximate surface area is 172 Å². The number of rotatable bonds is 5. The predicted molar refractivity (Wildman–Crippen MR) is 108 cm³/mol. The van der Waals surface area contributed by atoms with Crippen molar-refractivity contribution in [3.05, 3.63) is 60.6 Å². The fourth-order valence-electron chi connectivity index (χ4n) is 3.74. The van der Waals surface area contributed by atoms with E-state index >= 15 is 0 Å². The Morgan fingerprint density at radius 1 is 1.03 bits per heavy atom. The van der Waals surface area contributed by atoms with E-state index in [4.69, 9.17) is 20.0 Å². The van der Waals surface area contributed by atoms with Crippen LogP contribution in [-0.2, 0) is 5.41 Å². The normalized spacial score (nSPS) is 14.8. The minimum Gasteiger partial charge on any atom is -0.496 e. The zero-order chi connectivity index (χ0) is 20.6. The molecule has 5 rings (SSSR count). The molecule has 150 valence electrons. The summed E-state index contributed by atoms with van der Waals surface area (Å²) in [6.07, 6.45) is 11.5. The van der Waals surface area contributed by atoms with Crippen molar-refractivity contribution in [3.8, 4) is 28.5 Å². The van der Waals surface area contributed by atoms with Gasteiger partial charge in [-0.3, -0.25) is 9.97 Å². The SMILES string of the molecule is COc1ccncc1-c1nc(C2(c3ccc(-c4cnc(N)nc4)nc3)CCC2)no1. The minimum atomic E-state index is -0.305. The van der Waals surface area contributed by atoms with Crippen LogP contribution in [0.15, 0.2) is 53.7 Å². The molecule has 0 radical (unpaired) electrons. The van der Waals surface area contributed by atoms with E-state index in [0.29, 0.717) is 23.0 Å². The molecule has 0 aliphatic heterocycles. The molecule has 0 unspecified atom stereocenters. The summed E-state index contributed by atoms with van der Waals surface area (Å²) in [6, 6.07) is 5.77. The van der Waals surface area contributed by atoms with Crippen LogP contribution in [0.2, 0.25) is 0 Å². The van der Waals surface area contributed by atoms with E-state index in [1.165, 1.54) is 0 Å². The molecular weight excluding hydrogens is 382 g/mol. The van der Waals surface area contributed by atoms with Crippen LogP contribution in [-0.4, -0.2) is 37.2 Å². The monoisotopic (exact) mass is 401 g/mol. The van der Waals surface area contributed by atoms with Crippen LogP contribution >= 0.6 is 0 Å². The summed E-state index contributed by atoms with van der Waals surface area (Å²) in [4.78, 5) is 21.5. The van der Waals surface area contributed by atoms with Crippen LogP contribution < -0.4 is 10.5 Å². The summed E-state index contributed by atoms with van der Waals surface area (Å²) in [5.74, 6) is 1.92. The minimum absolute atomic E-state index is 0.238. The molecule has 1 aliphatic carbocycles. The van der Waals surface area contributed by atoms with Crippen LogP contribution in [0.4, 0.5) is 5.95 Å². The number of ether oxygens (including phenoxy) is 1. The van der Waals surface area contributed by atoms with Gasteiger partial charge in [0.2, 0.25) is 5.95 Å². The van der Waals surface area contributed by atoms with Gasteiger partial charge in [-0.25, -0.2) is 9.97 Å². The van der Waals surface area contributed by atoms with E-state index in [1.54, 1.807) is 38.0 Å². The number of nitrogens with zero attached hydrogens (tertiary/aromatic N) is 6. The topological polar surface area (TPSA) is 126 Å². The number of hydrogen-bond donors (Lipinski definition) is 1. The Kier molecular flexibility index (Phi) is 4.35. The smallest absolute Gasteiger partial charge is 0.263 e. The molecule has 1 fully saturated rings. The largest absolute Gasteiger partial charge is 0.496 e. The Morgan fingerprint density at radius 2 is 1.87 bits per heavy atom. The summed E-state index contributed by atoms with van der Waals surface area (Å²) in [5, 5.41) is 4.30. The van der Waals surface area contributed by atoms with Gasteiger partial charge in [0, 0.05) is 36.5 Å². The number of hydrogen-bond acceptors (Lipinski definition) is 9. The van der Waals surface area contributed by atoms with E-state index in [9.17, 15) is 0 Å². The first kappa shape index (κ1) is 18.2. The van der Waals surface area contributed by atoms with Gasteiger partial charge in [-0.2, -0.15) is 4.98 Å². The lowest BCUT2D eigenvalue weighted by Gasteiger charge is -2.39. The number of methoxy groups -OCH3 is 1. The maximum absolute atomic E-state index is 5.57. The molecule has 2 N–H and O–H groups in total. The Morgan fingerprint density at radius 3 is 2.53 bits per heavy atom. The Bertz CT molecular complexity index is 1170. The summed E-state index contributed by atoms with van der Waals surface area (Å²) in [6.45, 7) is 0. The predicted octanol–water partition coefficient (Wildman–Crippen LogP) is 3.04. The molecule has 4 aromatic rings. The van der Waals surface area contributed by atoms with Crippen molar-refractivity contribution in [2.75, 3.05) is 12.8 Å². The summed E-state index contributed by atoms with van der Waals surface area (Å²) >= 11 is 0. The van der Waals surface area contributed by atoms with Gasteiger partial charge in [-0.1, -0.05) is 17.6 Å². The third-order valence-electron chi connectivity index (χ3n) is 5.58. The highest BCUT2D eigenvalue weighted by atomic mass is 16.5. The van der Waals surface area contributed by atoms with Gasteiger partial charge < -0.3 is 15.0 Å². The van der Waals surface area contributed by atoms with Gasteiger partial charge in [0.1, 0.15) is 11.3 Å². The summed E-state index contributed by atoms with van der Waals surface area (Å²) < 4.78 is 11.0. The van der Waals surface area contributed by atoms with Crippen LogP contribution in [0.3, 0.4) is 0 Å². The van der Waals surface area contributed by atoms with E-state index < -0.39 is 0 Å². The maximum atomic E-state index is 5.57. The van der Waals surface area contributed by atoms with Crippen LogP contribution in [0.1, 0.15) is 30.7 Å². The van der Waals surface area contributed by atoms with Crippen molar-refractivity contribution in [1.82, 2.24) is 30.1 Å². The highest BCUT2D eigenvalue weighted by molar-refractivity contribution is 5.61. The number of aromatic nitrogens is 6. The molecule has 0 amide bonds. The van der Waals surface area contributed by atoms with Crippen molar-refractivity contribution in [1.29, 1.82) is 0 Å².